The summed E-state index contributed by atoms with van der Waals surface area (Å²) < 4.78 is 36.1. The highest BCUT2D eigenvalue weighted by molar-refractivity contribution is 6.57. The van der Waals surface area contributed by atoms with Gasteiger partial charge < -0.3 is 22.3 Å². The lowest BCUT2D eigenvalue weighted by Crippen LogP contribution is -2.49. The number of halogens is 2. The molecule has 8 heteroatoms. The van der Waals surface area contributed by atoms with Gasteiger partial charge in [0.1, 0.15) is 6.21 Å². The lowest BCUT2D eigenvalue weighted by Gasteiger charge is -2.30. The summed E-state index contributed by atoms with van der Waals surface area (Å²) in [6.45, 7) is -3.88. The lowest BCUT2D eigenvalue weighted by atomic mass is 9.87. The van der Waals surface area contributed by atoms with Gasteiger partial charge in [-0.15, -0.1) is 0 Å². The third-order valence-corrected chi connectivity index (χ3v) is 3.84. The standard InChI is InChI=1S/C14H11BF2N4O/c1-22-14-18-8-10(9-19-14)13-11-4-2-6-20(11)15(16,17)21-7-3-5-12(13)21/h2-9H,1H3. The molecule has 22 heavy (non-hydrogen) atoms. The third-order valence-electron chi connectivity index (χ3n) is 3.84. The topological polar surface area (TPSA) is 43.0 Å². The van der Waals surface area contributed by atoms with Crippen LogP contribution in [0.25, 0.3) is 5.57 Å². The van der Waals surface area contributed by atoms with Gasteiger partial charge in [0.2, 0.25) is 0 Å². The molecule has 0 saturated carbocycles. The second-order valence-corrected chi connectivity index (χ2v) is 5.02. The number of rotatable bonds is 2. The van der Waals surface area contributed by atoms with Crippen LogP contribution >= 0.6 is 0 Å². The molecule has 4 heterocycles. The van der Waals surface area contributed by atoms with Gasteiger partial charge in [-0.25, -0.2) is 9.97 Å². The van der Waals surface area contributed by atoms with Crippen molar-refractivity contribution in [3.63, 3.8) is 0 Å². The Morgan fingerprint density at radius 2 is 2.05 bits per heavy atom. The minimum absolute atomic E-state index is 0.237. The SMILES string of the molecule is COc1ncc(C2=C3C=CC=[N+]3[B-](F)(F)n3cccc32)cn1. The molecule has 0 unspecified atom stereocenters. The maximum atomic E-state index is 14.6. The summed E-state index contributed by atoms with van der Waals surface area (Å²) in [5.41, 5.74) is 2.23. The maximum Gasteiger partial charge on any atom is 0.737 e. The molecule has 4 rings (SSSR count). The molecule has 0 atom stereocenters. The van der Waals surface area contributed by atoms with E-state index in [-0.39, 0.29) is 6.01 Å². The first-order chi connectivity index (χ1) is 10.6. The number of nitrogens with zero attached hydrogens (tertiary/aromatic N) is 4. The molecule has 0 aromatic carbocycles. The Labute approximate surface area is 124 Å². The molecule has 0 amide bonds. The van der Waals surface area contributed by atoms with Crippen molar-refractivity contribution in [3.05, 3.63) is 59.8 Å². The van der Waals surface area contributed by atoms with Gasteiger partial charge in [-0.2, -0.15) is 0 Å². The molecule has 5 nitrogen and oxygen atoms in total. The molecule has 110 valence electrons. The summed E-state index contributed by atoms with van der Waals surface area (Å²) in [5, 5.41) is 0. The quantitative estimate of drug-likeness (QED) is 0.796. The van der Waals surface area contributed by atoms with E-state index in [1.165, 1.54) is 19.5 Å². The van der Waals surface area contributed by atoms with E-state index in [0.717, 1.165) is 8.96 Å². The number of allylic oxidation sites excluding steroid dienone is 2. The average Bonchev–Trinajstić information content (AvgIpc) is 3.18. The van der Waals surface area contributed by atoms with Crippen LogP contribution in [0, 0.1) is 0 Å². The number of hydrogen-bond acceptors (Lipinski definition) is 3. The Morgan fingerprint density at radius 1 is 1.27 bits per heavy atom. The maximum absolute atomic E-state index is 14.6. The van der Waals surface area contributed by atoms with E-state index in [2.05, 4.69) is 9.97 Å². The van der Waals surface area contributed by atoms with E-state index >= 15 is 0 Å². The van der Waals surface area contributed by atoms with E-state index < -0.39 is 6.97 Å². The molecule has 2 aliphatic rings. The molecule has 0 fully saturated rings. The van der Waals surface area contributed by atoms with Gasteiger partial charge >= 0.3 is 13.0 Å². The van der Waals surface area contributed by atoms with E-state index in [9.17, 15) is 8.63 Å². The van der Waals surface area contributed by atoms with Crippen LogP contribution in [0.2, 0.25) is 0 Å². The highest BCUT2D eigenvalue weighted by Gasteiger charge is 2.51. The highest BCUT2D eigenvalue weighted by atomic mass is 19.2. The monoisotopic (exact) mass is 300 g/mol. The van der Waals surface area contributed by atoms with Crippen molar-refractivity contribution in [3.8, 4) is 6.01 Å². The summed E-state index contributed by atoms with van der Waals surface area (Å²) in [7, 11) is 1.47. The molecule has 0 aliphatic carbocycles. The zero-order valence-corrected chi connectivity index (χ0v) is 11.6. The van der Waals surface area contributed by atoms with Crippen LogP contribution in [0.3, 0.4) is 0 Å². The molecule has 0 saturated heterocycles. The fourth-order valence-corrected chi connectivity index (χ4v) is 2.86. The van der Waals surface area contributed by atoms with Crippen molar-refractivity contribution >= 4 is 18.8 Å². The molecule has 0 radical (unpaired) electrons. The minimum Gasteiger partial charge on any atom is -0.467 e. The smallest absolute Gasteiger partial charge is 0.467 e. The predicted octanol–water partition coefficient (Wildman–Crippen LogP) is 1.94. The molecular weight excluding hydrogens is 289 g/mol. The van der Waals surface area contributed by atoms with E-state index in [4.69, 9.17) is 4.74 Å². The average molecular weight is 300 g/mol. The Balaban J connectivity index is 1.98. The van der Waals surface area contributed by atoms with Crippen molar-refractivity contribution in [2.45, 2.75) is 0 Å². The number of aromatic nitrogens is 3. The Hall–Kier alpha value is -2.77. The molecular formula is C14H11BF2N4O. The zero-order chi connectivity index (χ0) is 15.3. The van der Waals surface area contributed by atoms with E-state index in [0.29, 0.717) is 22.5 Å². The Kier molecular flexibility index (Phi) is 2.57. The summed E-state index contributed by atoms with van der Waals surface area (Å²) in [5.74, 6) is 0. The number of methoxy groups -OCH3 is 1. The zero-order valence-electron chi connectivity index (χ0n) is 11.6. The van der Waals surface area contributed by atoms with Gasteiger partial charge in [-0.1, -0.05) is 0 Å². The van der Waals surface area contributed by atoms with E-state index in [1.807, 2.05) is 0 Å². The van der Waals surface area contributed by atoms with Crippen molar-refractivity contribution in [2.75, 3.05) is 7.11 Å². The van der Waals surface area contributed by atoms with Gasteiger partial charge in [-0.05, 0) is 18.3 Å². The van der Waals surface area contributed by atoms with Crippen LogP contribution in [0.15, 0.2) is 48.6 Å². The predicted molar refractivity (Wildman–Crippen MR) is 77.9 cm³/mol. The molecule has 0 bridgehead atoms. The van der Waals surface area contributed by atoms with Crippen LogP contribution in [0.5, 0.6) is 6.01 Å². The number of hydrogen-bond donors (Lipinski definition) is 0. The van der Waals surface area contributed by atoms with Crippen molar-refractivity contribution < 1.29 is 17.9 Å². The summed E-state index contributed by atoms with van der Waals surface area (Å²) in [6, 6.07) is 3.52. The van der Waals surface area contributed by atoms with Crippen molar-refractivity contribution in [1.29, 1.82) is 0 Å². The highest BCUT2D eigenvalue weighted by Crippen LogP contribution is 2.37. The molecule has 2 aliphatic heterocycles. The van der Waals surface area contributed by atoms with Crippen molar-refractivity contribution in [1.82, 2.24) is 14.4 Å². The third kappa shape index (κ3) is 1.60. The summed E-state index contributed by atoms with van der Waals surface area (Å²) in [4.78, 5) is 8.14. The molecule has 0 spiro atoms. The summed E-state index contributed by atoms with van der Waals surface area (Å²) in [6.07, 6.45) is 9.22. The molecule has 0 N–H and O–H groups in total. The fraction of sp³-hybridized carbons (Fsp3) is 0.0714. The van der Waals surface area contributed by atoms with Gasteiger partial charge in [0.15, 0.2) is 5.70 Å². The van der Waals surface area contributed by atoms with Gasteiger partial charge in [-0.3, -0.25) is 0 Å². The van der Waals surface area contributed by atoms with Gasteiger partial charge in [0.05, 0.1) is 12.7 Å². The second-order valence-electron chi connectivity index (χ2n) is 5.02. The van der Waals surface area contributed by atoms with Crippen LogP contribution in [-0.2, 0) is 0 Å². The van der Waals surface area contributed by atoms with E-state index in [1.54, 1.807) is 36.7 Å². The Morgan fingerprint density at radius 3 is 2.77 bits per heavy atom. The number of ether oxygens (including phenoxy) is 1. The number of fused-ring (bicyclic) bond motifs is 2. The largest absolute Gasteiger partial charge is 0.737 e. The fourth-order valence-electron chi connectivity index (χ4n) is 2.86. The minimum atomic E-state index is -3.88. The first kappa shape index (κ1) is 12.9. The van der Waals surface area contributed by atoms with Gasteiger partial charge in [0, 0.05) is 35.8 Å². The second kappa shape index (κ2) is 4.36. The van der Waals surface area contributed by atoms with Crippen LogP contribution in [0.4, 0.5) is 8.63 Å². The van der Waals surface area contributed by atoms with Crippen LogP contribution in [0.1, 0.15) is 11.3 Å². The van der Waals surface area contributed by atoms with Crippen LogP contribution in [-0.4, -0.2) is 39.2 Å². The van der Waals surface area contributed by atoms with Crippen molar-refractivity contribution in [2.24, 2.45) is 0 Å². The first-order valence-corrected chi connectivity index (χ1v) is 6.73. The van der Waals surface area contributed by atoms with Gasteiger partial charge in [0.25, 0.3) is 0 Å². The summed E-state index contributed by atoms with van der Waals surface area (Å²) >= 11 is 0. The molecule has 2 aromatic rings. The Bertz CT molecular complexity index is 852. The van der Waals surface area contributed by atoms with Crippen LogP contribution < -0.4 is 4.74 Å². The first-order valence-electron chi connectivity index (χ1n) is 6.73. The normalized spacial score (nSPS) is 18.0. The molecule has 2 aromatic heterocycles. The lowest BCUT2D eigenvalue weighted by molar-refractivity contribution is -0.356.